The van der Waals surface area contributed by atoms with Crippen LogP contribution in [0.15, 0.2) is 70.1 Å². The summed E-state index contributed by atoms with van der Waals surface area (Å²) in [5.41, 5.74) is 1.58. The summed E-state index contributed by atoms with van der Waals surface area (Å²) in [7, 11) is 1.36. The van der Waals surface area contributed by atoms with Crippen molar-refractivity contribution in [2.24, 2.45) is 0 Å². The summed E-state index contributed by atoms with van der Waals surface area (Å²) >= 11 is 18.5. The number of aliphatic hydroxyl groups is 1. The first-order valence-electron chi connectivity index (χ1n) is 13.6. The van der Waals surface area contributed by atoms with Gasteiger partial charge in [0.15, 0.2) is 0 Å². The molecule has 0 aliphatic carbocycles. The molecular weight excluding hydrogens is 837 g/mol. The Morgan fingerprint density at radius 1 is 0.735 bits per heavy atom. The van der Waals surface area contributed by atoms with Crippen LogP contribution in [0.4, 0.5) is 26.3 Å². The van der Waals surface area contributed by atoms with Crippen LogP contribution >= 0.6 is 55.1 Å². The Balaban J connectivity index is 0.000000191. The molecule has 49 heavy (non-hydrogen) atoms. The fraction of sp³-hybridized carbons (Fsp3) is 0.161. The Labute approximate surface area is 299 Å². The van der Waals surface area contributed by atoms with Crippen LogP contribution in [0, 0.1) is 11.6 Å². The highest BCUT2D eigenvalue weighted by molar-refractivity contribution is 9.10. The Morgan fingerprint density at radius 3 is 1.67 bits per heavy atom. The van der Waals surface area contributed by atoms with Crippen molar-refractivity contribution in [2.45, 2.75) is 25.4 Å². The van der Waals surface area contributed by atoms with Crippen LogP contribution in [0.3, 0.4) is 0 Å². The Hall–Kier alpha value is -3.54. The van der Waals surface area contributed by atoms with E-state index in [-0.39, 0.29) is 21.9 Å². The van der Waals surface area contributed by atoms with Gasteiger partial charge in [-0.1, -0.05) is 23.2 Å². The largest absolute Gasteiger partial charge is 0.434 e. The molecule has 4 aromatic heterocycles. The number of aromatic amines is 2. The number of alkyl halides is 4. The first kappa shape index (κ1) is 36.7. The van der Waals surface area contributed by atoms with Crippen LogP contribution in [0.1, 0.15) is 34.5 Å². The van der Waals surface area contributed by atoms with E-state index in [0.717, 1.165) is 24.3 Å². The summed E-state index contributed by atoms with van der Waals surface area (Å²) in [6.07, 6.45) is 3.77. The monoisotopic (exact) mass is 854 g/mol. The third kappa shape index (κ3) is 7.94. The van der Waals surface area contributed by atoms with Gasteiger partial charge < -0.3 is 29.3 Å². The second-order valence-electron chi connectivity index (χ2n) is 9.91. The van der Waals surface area contributed by atoms with Crippen LogP contribution in [0.5, 0.6) is 11.5 Å². The van der Waals surface area contributed by atoms with E-state index in [1.807, 2.05) is 0 Å². The normalized spacial score (nSPS) is 12.8. The fourth-order valence-electron chi connectivity index (χ4n) is 4.99. The van der Waals surface area contributed by atoms with E-state index in [9.17, 15) is 31.4 Å². The van der Waals surface area contributed by atoms with E-state index in [1.54, 1.807) is 30.7 Å². The highest BCUT2D eigenvalue weighted by atomic mass is 79.9. The van der Waals surface area contributed by atoms with Crippen molar-refractivity contribution >= 4 is 77.1 Å². The van der Waals surface area contributed by atoms with Crippen LogP contribution < -0.4 is 9.47 Å². The van der Waals surface area contributed by atoms with E-state index in [0.29, 0.717) is 42.1 Å². The molecule has 6 aromatic rings. The molecule has 0 aliphatic rings. The number of methoxy groups -OCH3 is 1. The minimum absolute atomic E-state index is 0.0228. The number of H-pyrrole nitrogens is 2. The lowest BCUT2D eigenvalue weighted by Crippen LogP contribution is -2.11. The van der Waals surface area contributed by atoms with E-state index in [4.69, 9.17) is 27.9 Å². The molecule has 0 radical (unpaired) electrons. The predicted octanol–water partition coefficient (Wildman–Crippen LogP) is 10.3. The number of nitrogens with zero attached hydrogens (tertiary/aromatic N) is 2. The molecule has 18 heteroatoms. The molecule has 0 saturated heterocycles. The Morgan fingerprint density at radius 2 is 1.18 bits per heavy atom. The first-order chi connectivity index (χ1) is 23.3. The summed E-state index contributed by atoms with van der Waals surface area (Å²) in [5, 5.41) is 11.0. The van der Waals surface area contributed by atoms with Crippen molar-refractivity contribution in [3.63, 3.8) is 0 Å². The minimum atomic E-state index is -3.14. The summed E-state index contributed by atoms with van der Waals surface area (Å²) in [4.78, 5) is 14.1. The number of ether oxygens (including phenoxy) is 3. The number of aliphatic hydroxyl groups excluding tert-OH is 1. The van der Waals surface area contributed by atoms with Crippen molar-refractivity contribution < 1.29 is 45.7 Å². The third-order valence-electron chi connectivity index (χ3n) is 7.03. The summed E-state index contributed by atoms with van der Waals surface area (Å²) < 4.78 is 94.0. The number of hydrogen-bond acceptors (Lipinski definition) is 6. The third-order valence-corrected chi connectivity index (χ3v) is 8.66. The van der Waals surface area contributed by atoms with Crippen molar-refractivity contribution in [1.29, 1.82) is 0 Å². The molecule has 2 unspecified atom stereocenters. The molecule has 3 N–H and O–H groups in total. The lowest BCUT2D eigenvalue weighted by atomic mass is 10.00. The molecule has 8 nitrogen and oxygen atoms in total. The van der Waals surface area contributed by atoms with E-state index >= 15 is 0 Å². The fourth-order valence-corrected chi connectivity index (χ4v) is 6.17. The number of nitrogens with one attached hydrogen (secondary N) is 2. The van der Waals surface area contributed by atoms with Gasteiger partial charge in [-0.3, -0.25) is 0 Å². The van der Waals surface area contributed by atoms with Crippen LogP contribution in [0.2, 0.25) is 10.0 Å². The van der Waals surface area contributed by atoms with Gasteiger partial charge >= 0.3 is 13.2 Å². The average Bonchev–Trinajstić information content (AvgIpc) is 3.66. The first-order valence-corrected chi connectivity index (χ1v) is 16.0. The maximum absolute atomic E-state index is 14.0. The number of fused-ring (bicyclic) bond motifs is 2. The number of rotatable bonds is 9. The zero-order chi connectivity index (χ0) is 35.6. The minimum Gasteiger partial charge on any atom is -0.434 e. The van der Waals surface area contributed by atoms with Crippen molar-refractivity contribution in [1.82, 2.24) is 19.9 Å². The Kier molecular flexibility index (Phi) is 11.7. The molecule has 0 saturated carbocycles. The maximum atomic E-state index is 14.0. The molecule has 0 amide bonds. The van der Waals surface area contributed by atoms with Crippen molar-refractivity contribution in [3.05, 3.63) is 114 Å². The second kappa shape index (κ2) is 15.6. The lowest BCUT2D eigenvalue weighted by molar-refractivity contribution is -0.0522. The van der Waals surface area contributed by atoms with Gasteiger partial charge in [-0.15, -0.1) is 0 Å². The highest BCUT2D eigenvalue weighted by Crippen LogP contribution is 2.42. The number of pyridine rings is 2. The van der Waals surface area contributed by atoms with Crippen molar-refractivity contribution in [2.75, 3.05) is 7.11 Å². The van der Waals surface area contributed by atoms with Crippen LogP contribution in [0.25, 0.3) is 22.1 Å². The van der Waals surface area contributed by atoms with Gasteiger partial charge in [-0.05, 0) is 68.3 Å². The molecule has 2 aromatic carbocycles. The van der Waals surface area contributed by atoms with Gasteiger partial charge in [-0.25, -0.2) is 18.7 Å². The molecule has 2 atom stereocenters. The van der Waals surface area contributed by atoms with Crippen molar-refractivity contribution in [3.8, 4) is 11.5 Å². The number of benzene rings is 2. The average molecular weight is 857 g/mol. The van der Waals surface area contributed by atoms with Gasteiger partial charge in [0.25, 0.3) is 0 Å². The predicted molar refractivity (Wildman–Crippen MR) is 177 cm³/mol. The molecule has 0 spiro atoms. The molecule has 4 heterocycles. The smallest absolute Gasteiger partial charge is 0.387 e. The number of halogens is 10. The van der Waals surface area contributed by atoms with E-state index in [2.05, 4.69) is 61.3 Å². The number of aromatic nitrogens is 4. The molecule has 6 rings (SSSR count). The molecule has 0 fully saturated rings. The quantitative estimate of drug-likeness (QED) is 0.125. The summed E-state index contributed by atoms with van der Waals surface area (Å²) in [6, 6.07) is 7.40. The van der Waals surface area contributed by atoms with Gasteiger partial charge in [0, 0.05) is 73.9 Å². The topological polar surface area (TPSA) is 105 Å². The SMILES string of the molecule is COC(c1c(OC(F)F)ccc(F)c1Cl)c1c[nH]c2ncc(Br)cc12.OC(c1c(OC(F)F)ccc(F)c1Cl)c1c[nH]c2ncc(Br)cc12. The second-order valence-corrected chi connectivity index (χ2v) is 12.5. The van der Waals surface area contributed by atoms with Gasteiger partial charge in [0.05, 0.1) is 10.0 Å². The standard InChI is InChI=1S/C16H11BrClF3N2O2.C15H9BrClF3N2O2/c1-24-14(9-6-23-15-8(9)4-7(17)5-22-15)12-11(25-16(20)21)3-2-10(19)13(12)18;16-6-3-7-8(5-22-14(7)21-4-6)13(23)11-10(24-15(19)20)2-1-9(18)12(11)17/h2-6,14,16H,1H3,(H,22,23);1-5,13,15,23H,(H,21,22). The van der Waals surface area contributed by atoms with Crippen LogP contribution in [-0.2, 0) is 4.74 Å². The van der Waals surface area contributed by atoms with Gasteiger partial charge in [0.1, 0.15) is 46.6 Å². The molecular formula is C31H20Br2Cl2F6N4O4. The van der Waals surface area contributed by atoms with Gasteiger partial charge in [-0.2, -0.15) is 17.6 Å². The number of hydrogen-bond donors (Lipinski definition) is 3. The zero-order valence-electron chi connectivity index (χ0n) is 24.4. The molecule has 0 aliphatic heterocycles. The molecule has 258 valence electrons. The van der Waals surface area contributed by atoms with Crippen LogP contribution in [-0.4, -0.2) is 45.4 Å². The highest BCUT2D eigenvalue weighted by Gasteiger charge is 2.28. The molecule has 0 bridgehead atoms. The van der Waals surface area contributed by atoms with E-state index < -0.39 is 47.8 Å². The maximum Gasteiger partial charge on any atom is 0.387 e. The Bertz CT molecular complexity index is 2120. The summed E-state index contributed by atoms with van der Waals surface area (Å²) in [6.45, 7) is -6.23. The zero-order valence-corrected chi connectivity index (χ0v) is 29.1. The summed E-state index contributed by atoms with van der Waals surface area (Å²) in [5.74, 6) is -2.28. The lowest BCUT2D eigenvalue weighted by Gasteiger charge is -2.20. The van der Waals surface area contributed by atoms with E-state index in [1.165, 1.54) is 13.3 Å². The van der Waals surface area contributed by atoms with Gasteiger partial charge in [0.2, 0.25) is 0 Å².